The fraction of sp³-hybridized carbons (Fsp3) is 0.471. The quantitative estimate of drug-likeness (QED) is 0.873. The Bertz CT molecular complexity index is 724. The van der Waals surface area contributed by atoms with Gasteiger partial charge < -0.3 is 14.9 Å². The molecule has 8 heteroatoms. The van der Waals surface area contributed by atoms with Gasteiger partial charge in [0.05, 0.1) is 30.2 Å². The van der Waals surface area contributed by atoms with Crippen LogP contribution >= 0.6 is 0 Å². The SMILES string of the molecule is Cc1cnc(C(=O)N(C)C[C@@]2(O)CCCN(c3cnccn3)C2)cn1. The summed E-state index contributed by atoms with van der Waals surface area (Å²) in [5, 5.41) is 11.0. The van der Waals surface area contributed by atoms with Crippen molar-refractivity contribution in [3.05, 3.63) is 42.4 Å². The van der Waals surface area contributed by atoms with Crippen molar-refractivity contribution in [2.75, 3.05) is 31.6 Å². The van der Waals surface area contributed by atoms with Crippen LogP contribution in [0.2, 0.25) is 0 Å². The summed E-state index contributed by atoms with van der Waals surface area (Å²) in [5.41, 5.74) is 0.0289. The summed E-state index contributed by atoms with van der Waals surface area (Å²) in [6.07, 6.45) is 9.41. The molecular weight excluding hydrogens is 320 g/mol. The van der Waals surface area contributed by atoms with E-state index in [0.29, 0.717) is 13.0 Å². The van der Waals surface area contributed by atoms with Gasteiger partial charge in [0, 0.05) is 38.7 Å². The van der Waals surface area contributed by atoms with Crippen molar-refractivity contribution in [3.8, 4) is 0 Å². The highest BCUT2D eigenvalue weighted by atomic mass is 16.3. The zero-order valence-electron chi connectivity index (χ0n) is 14.5. The monoisotopic (exact) mass is 342 g/mol. The van der Waals surface area contributed by atoms with Crippen molar-refractivity contribution < 1.29 is 9.90 Å². The van der Waals surface area contributed by atoms with Crippen LogP contribution in [0.5, 0.6) is 0 Å². The number of anilines is 1. The minimum absolute atomic E-state index is 0.220. The van der Waals surface area contributed by atoms with E-state index in [0.717, 1.165) is 24.5 Å². The number of hydrogen-bond acceptors (Lipinski definition) is 7. The zero-order valence-corrected chi connectivity index (χ0v) is 14.5. The lowest BCUT2D eigenvalue weighted by molar-refractivity contribution is -0.000304. The Balaban J connectivity index is 1.68. The van der Waals surface area contributed by atoms with Crippen molar-refractivity contribution >= 4 is 11.7 Å². The minimum atomic E-state index is -1.00. The number of β-amino-alcohol motifs (C(OH)–C–C–N with tert-alkyl or cyclic N) is 1. The van der Waals surface area contributed by atoms with Crippen molar-refractivity contribution in [1.29, 1.82) is 0 Å². The molecule has 2 aromatic rings. The van der Waals surface area contributed by atoms with Crippen LogP contribution in [-0.2, 0) is 0 Å². The van der Waals surface area contributed by atoms with E-state index in [1.807, 2.05) is 11.8 Å². The number of rotatable bonds is 4. The summed E-state index contributed by atoms with van der Waals surface area (Å²) in [5.74, 6) is 0.483. The number of likely N-dealkylation sites (N-methyl/N-ethyl adjacent to an activating group) is 1. The summed E-state index contributed by atoms with van der Waals surface area (Å²) in [6.45, 7) is 3.25. The Morgan fingerprint density at radius 3 is 2.80 bits per heavy atom. The van der Waals surface area contributed by atoms with Crippen LogP contribution in [0, 0.1) is 6.92 Å². The third-order valence-electron chi connectivity index (χ3n) is 4.31. The van der Waals surface area contributed by atoms with E-state index < -0.39 is 5.60 Å². The lowest BCUT2D eigenvalue weighted by Gasteiger charge is -2.41. The average molecular weight is 342 g/mol. The summed E-state index contributed by atoms with van der Waals surface area (Å²) in [4.78, 5) is 32.6. The standard InChI is InChI=1S/C17H22N6O2/c1-13-8-21-14(9-20-13)16(24)22(2)11-17(25)4-3-7-23(12-17)15-10-18-5-6-19-15/h5-6,8-10,25H,3-4,7,11-12H2,1-2H3/t17-/m0/s1. The van der Waals surface area contributed by atoms with E-state index in [2.05, 4.69) is 19.9 Å². The Hall–Kier alpha value is -2.61. The number of piperidine rings is 1. The number of aromatic nitrogens is 4. The Morgan fingerprint density at radius 1 is 1.28 bits per heavy atom. The van der Waals surface area contributed by atoms with Gasteiger partial charge in [0.15, 0.2) is 0 Å². The lowest BCUT2D eigenvalue weighted by atomic mass is 9.92. The van der Waals surface area contributed by atoms with E-state index in [4.69, 9.17) is 0 Å². The molecule has 0 unspecified atom stereocenters. The molecule has 3 heterocycles. The average Bonchev–Trinajstić information content (AvgIpc) is 2.62. The van der Waals surface area contributed by atoms with Crippen LogP contribution in [0.1, 0.15) is 29.0 Å². The summed E-state index contributed by atoms with van der Waals surface area (Å²) in [7, 11) is 1.67. The first-order valence-electron chi connectivity index (χ1n) is 8.24. The second kappa shape index (κ2) is 7.10. The molecule has 132 valence electrons. The summed E-state index contributed by atoms with van der Waals surface area (Å²) >= 11 is 0. The van der Waals surface area contributed by atoms with Crippen LogP contribution in [0.25, 0.3) is 0 Å². The Kier molecular flexibility index (Phi) is 4.89. The second-order valence-corrected chi connectivity index (χ2v) is 6.52. The molecule has 0 spiro atoms. The van der Waals surface area contributed by atoms with Gasteiger partial charge in [-0.1, -0.05) is 0 Å². The topological polar surface area (TPSA) is 95.3 Å². The fourth-order valence-electron chi connectivity index (χ4n) is 3.10. The molecular formula is C17H22N6O2. The largest absolute Gasteiger partial charge is 0.386 e. The van der Waals surface area contributed by atoms with Gasteiger partial charge in [0.1, 0.15) is 11.5 Å². The molecule has 0 saturated carbocycles. The maximum absolute atomic E-state index is 12.5. The molecule has 3 rings (SSSR count). The highest BCUT2D eigenvalue weighted by Gasteiger charge is 2.36. The zero-order chi connectivity index (χ0) is 17.9. The van der Waals surface area contributed by atoms with E-state index in [1.54, 1.807) is 31.8 Å². The first-order chi connectivity index (χ1) is 12.0. The third kappa shape index (κ3) is 4.08. The molecule has 1 amide bonds. The van der Waals surface area contributed by atoms with Gasteiger partial charge >= 0.3 is 0 Å². The molecule has 1 N–H and O–H groups in total. The number of carbonyl (C=O) groups is 1. The smallest absolute Gasteiger partial charge is 0.273 e. The van der Waals surface area contributed by atoms with Gasteiger partial charge in [0.2, 0.25) is 0 Å². The van der Waals surface area contributed by atoms with Gasteiger partial charge in [-0.15, -0.1) is 0 Å². The van der Waals surface area contributed by atoms with Crippen LogP contribution in [0.3, 0.4) is 0 Å². The Morgan fingerprint density at radius 2 is 2.12 bits per heavy atom. The first kappa shape index (κ1) is 17.2. The molecule has 0 bridgehead atoms. The third-order valence-corrected chi connectivity index (χ3v) is 4.31. The highest BCUT2D eigenvalue weighted by Crippen LogP contribution is 2.25. The van der Waals surface area contributed by atoms with Crippen LogP contribution in [0.4, 0.5) is 5.82 Å². The summed E-state index contributed by atoms with van der Waals surface area (Å²) < 4.78 is 0. The number of aryl methyl sites for hydroxylation is 1. The molecule has 2 aromatic heterocycles. The van der Waals surface area contributed by atoms with E-state index in [-0.39, 0.29) is 18.1 Å². The van der Waals surface area contributed by atoms with Gasteiger partial charge in [-0.25, -0.2) is 9.97 Å². The van der Waals surface area contributed by atoms with Crippen molar-refractivity contribution in [3.63, 3.8) is 0 Å². The molecule has 1 fully saturated rings. The van der Waals surface area contributed by atoms with Gasteiger partial charge in [0.25, 0.3) is 5.91 Å². The van der Waals surface area contributed by atoms with E-state index >= 15 is 0 Å². The van der Waals surface area contributed by atoms with Crippen molar-refractivity contribution in [1.82, 2.24) is 24.8 Å². The normalized spacial score (nSPS) is 20.4. The molecule has 8 nitrogen and oxygen atoms in total. The molecule has 1 atom stereocenters. The predicted molar refractivity (Wildman–Crippen MR) is 92.2 cm³/mol. The van der Waals surface area contributed by atoms with Crippen LogP contribution in [-0.4, -0.2) is 68.1 Å². The molecule has 0 aliphatic carbocycles. The van der Waals surface area contributed by atoms with Gasteiger partial charge in [-0.3, -0.25) is 14.8 Å². The van der Waals surface area contributed by atoms with Crippen molar-refractivity contribution in [2.45, 2.75) is 25.4 Å². The maximum Gasteiger partial charge on any atom is 0.273 e. The first-order valence-corrected chi connectivity index (χ1v) is 8.24. The van der Waals surface area contributed by atoms with Crippen LogP contribution < -0.4 is 4.90 Å². The predicted octanol–water partition coefficient (Wildman–Crippen LogP) is 0.679. The highest BCUT2D eigenvalue weighted by molar-refractivity contribution is 5.91. The number of nitrogens with zero attached hydrogens (tertiary/aromatic N) is 6. The van der Waals surface area contributed by atoms with Crippen molar-refractivity contribution in [2.24, 2.45) is 0 Å². The number of hydrogen-bond donors (Lipinski definition) is 1. The van der Waals surface area contributed by atoms with E-state index in [1.165, 1.54) is 11.1 Å². The van der Waals surface area contributed by atoms with Gasteiger partial charge in [-0.05, 0) is 19.8 Å². The second-order valence-electron chi connectivity index (χ2n) is 6.52. The van der Waals surface area contributed by atoms with E-state index in [9.17, 15) is 9.90 Å². The number of amides is 1. The number of carbonyl (C=O) groups excluding carboxylic acids is 1. The number of aliphatic hydroxyl groups is 1. The molecule has 0 radical (unpaired) electrons. The lowest BCUT2D eigenvalue weighted by Crippen LogP contribution is -2.55. The Labute approximate surface area is 146 Å². The summed E-state index contributed by atoms with van der Waals surface area (Å²) in [6, 6.07) is 0. The fourth-order valence-corrected chi connectivity index (χ4v) is 3.10. The molecule has 1 saturated heterocycles. The van der Waals surface area contributed by atoms with Gasteiger partial charge in [-0.2, -0.15) is 0 Å². The molecule has 0 aromatic carbocycles. The molecule has 1 aliphatic heterocycles. The maximum atomic E-state index is 12.5. The van der Waals surface area contributed by atoms with Crippen LogP contribution in [0.15, 0.2) is 31.0 Å². The molecule has 1 aliphatic rings. The molecule has 25 heavy (non-hydrogen) atoms. The minimum Gasteiger partial charge on any atom is -0.386 e.